The number of halogens is 5. The Kier molecular flexibility index (Phi) is 9.08. The zero-order chi connectivity index (χ0) is 29.7. The topological polar surface area (TPSA) is 158 Å². The fourth-order valence-corrected chi connectivity index (χ4v) is 4.15. The van der Waals surface area contributed by atoms with E-state index in [1.807, 2.05) is 5.32 Å². The highest BCUT2D eigenvalue weighted by Crippen LogP contribution is 2.23. The molecule has 216 valence electrons. The van der Waals surface area contributed by atoms with Gasteiger partial charge in [0.2, 0.25) is 11.8 Å². The van der Waals surface area contributed by atoms with Crippen LogP contribution in [-0.4, -0.2) is 73.1 Å². The van der Waals surface area contributed by atoms with E-state index in [0.29, 0.717) is 9.92 Å². The first-order valence-electron chi connectivity index (χ1n) is 12.0. The highest BCUT2D eigenvalue weighted by Gasteiger charge is 2.44. The quantitative estimate of drug-likeness (QED) is 0.226. The molecule has 17 heteroatoms. The monoisotopic (exact) mass is 611 g/mol. The number of hydrogen-bond acceptors (Lipinski definition) is 7. The maximum absolute atomic E-state index is 14.0. The van der Waals surface area contributed by atoms with Crippen LogP contribution in [0.4, 0.5) is 18.0 Å². The van der Waals surface area contributed by atoms with E-state index in [9.17, 15) is 27.6 Å². The van der Waals surface area contributed by atoms with Gasteiger partial charge in [0.25, 0.3) is 0 Å². The smallest absolute Gasteiger partial charge is 0.344 e. The summed E-state index contributed by atoms with van der Waals surface area (Å²) >= 11 is 12.0. The SMILES string of the molecule is N=C(c1ccc(Cl)cc1)N(C[C@H](NC(=O)[C@@H]1CCC(=O)N1)C(F)(F)F)C(=O)NCc1ncn(-c2ncccc2Cl)n1. The molecule has 0 saturated carbocycles. The molecular weight excluding hydrogens is 590 g/mol. The van der Waals surface area contributed by atoms with Gasteiger partial charge in [-0.05, 0) is 42.8 Å². The number of amides is 4. The summed E-state index contributed by atoms with van der Waals surface area (Å²) in [4.78, 5) is 45.8. The van der Waals surface area contributed by atoms with Crippen LogP contribution in [0.1, 0.15) is 24.2 Å². The van der Waals surface area contributed by atoms with Crippen LogP contribution in [-0.2, 0) is 16.1 Å². The van der Waals surface area contributed by atoms with Crippen LogP contribution < -0.4 is 16.0 Å². The Morgan fingerprint density at radius 1 is 1.20 bits per heavy atom. The Hall–Kier alpha value is -4.24. The molecule has 41 heavy (non-hydrogen) atoms. The summed E-state index contributed by atoms with van der Waals surface area (Å²) in [5.74, 6) is -1.75. The molecule has 1 aliphatic heterocycles. The van der Waals surface area contributed by atoms with E-state index in [2.05, 4.69) is 25.7 Å². The first-order chi connectivity index (χ1) is 19.4. The van der Waals surface area contributed by atoms with Crippen molar-refractivity contribution in [3.8, 4) is 5.82 Å². The molecule has 4 rings (SSSR count). The standard InChI is InChI=1S/C24H22Cl2F3N9O3/c25-14-5-3-13(4-6-14)20(30)37(11-17(24(27,28)29)35-22(40)16-7-8-19(39)34-16)23(41)32-10-18-33-12-38(36-18)21-15(26)2-1-9-31-21/h1-6,9,12,16-17,30H,7-8,10-11H2,(H,32,41)(H,34,39)(H,35,40)/t16-,17-/m0/s1. The number of nitrogens with zero attached hydrogens (tertiary/aromatic N) is 5. The van der Waals surface area contributed by atoms with Crippen molar-refractivity contribution in [2.24, 2.45) is 0 Å². The summed E-state index contributed by atoms with van der Waals surface area (Å²) in [5.41, 5.74) is 0.0899. The molecule has 2 aromatic heterocycles. The Morgan fingerprint density at radius 3 is 2.56 bits per heavy atom. The number of nitrogens with one attached hydrogen (secondary N) is 4. The van der Waals surface area contributed by atoms with Gasteiger partial charge in [-0.2, -0.15) is 13.2 Å². The summed E-state index contributed by atoms with van der Waals surface area (Å²) < 4.78 is 43.4. The Labute approximate surface area is 240 Å². The largest absolute Gasteiger partial charge is 0.410 e. The summed E-state index contributed by atoms with van der Waals surface area (Å²) in [6.07, 6.45) is -2.19. The average molecular weight is 612 g/mol. The van der Waals surface area contributed by atoms with Gasteiger partial charge in [0.05, 0.1) is 18.1 Å². The van der Waals surface area contributed by atoms with Crippen LogP contribution in [0.5, 0.6) is 0 Å². The van der Waals surface area contributed by atoms with Crippen molar-refractivity contribution >= 4 is 46.9 Å². The van der Waals surface area contributed by atoms with Crippen molar-refractivity contribution in [3.63, 3.8) is 0 Å². The predicted molar refractivity (Wildman–Crippen MR) is 141 cm³/mol. The number of benzene rings is 1. The number of hydrogen-bond donors (Lipinski definition) is 4. The zero-order valence-corrected chi connectivity index (χ0v) is 22.5. The molecule has 0 unspecified atom stereocenters. The highest BCUT2D eigenvalue weighted by atomic mass is 35.5. The third kappa shape index (κ3) is 7.49. The molecule has 2 atom stereocenters. The van der Waals surface area contributed by atoms with Gasteiger partial charge in [0.15, 0.2) is 11.6 Å². The third-order valence-corrected chi connectivity index (χ3v) is 6.46. The van der Waals surface area contributed by atoms with Gasteiger partial charge in [0.1, 0.15) is 24.2 Å². The number of carbonyl (C=O) groups excluding carboxylic acids is 3. The van der Waals surface area contributed by atoms with Crippen LogP contribution in [0.15, 0.2) is 48.9 Å². The molecule has 0 radical (unpaired) electrons. The predicted octanol–water partition coefficient (Wildman–Crippen LogP) is 2.83. The normalized spacial score (nSPS) is 15.6. The zero-order valence-electron chi connectivity index (χ0n) is 21.0. The van der Waals surface area contributed by atoms with E-state index in [0.717, 1.165) is 0 Å². The number of amidine groups is 1. The van der Waals surface area contributed by atoms with E-state index < -0.39 is 48.5 Å². The lowest BCUT2D eigenvalue weighted by atomic mass is 10.1. The Morgan fingerprint density at radius 2 is 1.93 bits per heavy atom. The van der Waals surface area contributed by atoms with Gasteiger partial charge >= 0.3 is 12.2 Å². The molecule has 0 aliphatic carbocycles. The van der Waals surface area contributed by atoms with E-state index in [-0.39, 0.29) is 41.6 Å². The van der Waals surface area contributed by atoms with Crippen molar-refractivity contribution in [3.05, 3.63) is 70.4 Å². The molecule has 3 aromatic rings. The lowest BCUT2D eigenvalue weighted by Crippen LogP contribution is -2.58. The van der Waals surface area contributed by atoms with Crippen molar-refractivity contribution in [2.45, 2.75) is 37.6 Å². The molecule has 12 nitrogen and oxygen atoms in total. The number of aromatic nitrogens is 4. The van der Waals surface area contributed by atoms with Crippen LogP contribution in [0.2, 0.25) is 10.0 Å². The van der Waals surface area contributed by atoms with E-state index in [1.165, 1.54) is 41.5 Å². The van der Waals surface area contributed by atoms with Gasteiger partial charge in [-0.25, -0.2) is 19.4 Å². The Balaban J connectivity index is 1.53. The molecule has 3 heterocycles. The minimum atomic E-state index is -5.00. The van der Waals surface area contributed by atoms with Gasteiger partial charge < -0.3 is 16.0 Å². The molecule has 0 bridgehead atoms. The summed E-state index contributed by atoms with van der Waals surface area (Å²) in [5, 5.41) is 19.8. The van der Waals surface area contributed by atoms with E-state index in [4.69, 9.17) is 28.6 Å². The van der Waals surface area contributed by atoms with Gasteiger partial charge in [-0.15, -0.1) is 5.10 Å². The lowest BCUT2D eigenvalue weighted by Gasteiger charge is -2.30. The number of rotatable bonds is 8. The molecule has 4 amide bonds. The highest BCUT2D eigenvalue weighted by molar-refractivity contribution is 6.32. The second kappa shape index (κ2) is 12.5. The summed E-state index contributed by atoms with van der Waals surface area (Å²) in [6, 6.07) is 3.96. The second-order valence-electron chi connectivity index (χ2n) is 8.80. The average Bonchev–Trinajstić information content (AvgIpc) is 3.58. The fraction of sp³-hybridized carbons (Fsp3) is 0.292. The maximum atomic E-state index is 14.0. The molecule has 1 aromatic carbocycles. The van der Waals surface area contributed by atoms with Gasteiger partial charge in [0, 0.05) is 23.2 Å². The van der Waals surface area contributed by atoms with E-state index >= 15 is 0 Å². The van der Waals surface area contributed by atoms with Crippen molar-refractivity contribution in [1.82, 2.24) is 40.6 Å². The maximum Gasteiger partial charge on any atom is 0.410 e. The summed E-state index contributed by atoms with van der Waals surface area (Å²) in [7, 11) is 0. The summed E-state index contributed by atoms with van der Waals surface area (Å²) in [6.45, 7) is -1.47. The van der Waals surface area contributed by atoms with Gasteiger partial charge in [-0.1, -0.05) is 23.2 Å². The first-order valence-corrected chi connectivity index (χ1v) is 12.8. The van der Waals surface area contributed by atoms with Crippen molar-refractivity contribution < 1.29 is 27.6 Å². The molecule has 1 aliphatic rings. The number of urea groups is 1. The molecule has 4 N–H and O–H groups in total. The third-order valence-electron chi connectivity index (χ3n) is 5.91. The fourth-order valence-electron chi connectivity index (χ4n) is 3.81. The van der Waals surface area contributed by atoms with Crippen LogP contribution >= 0.6 is 23.2 Å². The van der Waals surface area contributed by atoms with Gasteiger partial charge in [-0.3, -0.25) is 19.9 Å². The molecule has 1 saturated heterocycles. The second-order valence-corrected chi connectivity index (χ2v) is 9.64. The number of carbonyl (C=O) groups is 3. The van der Waals surface area contributed by atoms with Crippen molar-refractivity contribution in [1.29, 1.82) is 5.41 Å². The molecule has 1 fully saturated rings. The van der Waals surface area contributed by atoms with Crippen LogP contribution in [0.25, 0.3) is 5.82 Å². The lowest BCUT2D eigenvalue weighted by molar-refractivity contribution is -0.163. The molecular formula is C24H22Cl2F3N9O3. The number of pyridine rings is 1. The first kappa shape index (κ1) is 29.7. The minimum Gasteiger partial charge on any atom is -0.344 e. The van der Waals surface area contributed by atoms with Crippen LogP contribution in [0.3, 0.4) is 0 Å². The molecule has 0 spiro atoms. The van der Waals surface area contributed by atoms with Crippen molar-refractivity contribution in [2.75, 3.05) is 6.54 Å². The Bertz CT molecular complexity index is 1450. The number of alkyl halides is 3. The van der Waals surface area contributed by atoms with E-state index in [1.54, 1.807) is 12.1 Å². The van der Waals surface area contributed by atoms with Crippen LogP contribution in [0, 0.1) is 5.41 Å². The minimum absolute atomic E-state index is 0.000845.